The fourth-order valence-electron chi connectivity index (χ4n) is 1.44. The minimum atomic E-state index is -0.886. The van der Waals surface area contributed by atoms with Crippen LogP contribution in [0.2, 0.25) is 0 Å². The van der Waals surface area contributed by atoms with Crippen molar-refractivity contribution in [2.45, 2.75) is 32.2 Å². The topological polar surface area (TPSA) is 55.1 Å². The first-order valence-electron chi connectivity index (χ1n) is 5.31. The zero-order valence-electron chi connectivity index (χ0n) is 9.59. The Balaban J connectivity index is 2.67. The van der Waals surface area contributed by atoms with Crippen molar-refractivity contribution in [1.82, 2.24) is 0 Å². The second-order valence-electron chi connectivity index (χ2n) is 4.13. The van der Waals surface area contributed by atoms with Gasteiger partial charge in [0.25, 0.3) is 0 Å². The Morgan fingerprint density at radius 1 is 1.44 bits per heavy atom. The minimum absolute atomic E-state index is 0.249. The molecule has 88 valence electrons. The van der Waals surface area contributed by atoms with Crippen molar-refractivity contribution in [2.75, 3.05) is 5.32 Å². The van der Waals surface area contributed by atoms with Gasteiger partial charge in [-0.25, -0.2) is 4.39 Å². The molecule has 0 spiro atoms. The van der Waals surface area contributed by atoms with Gasteiger partial charge < -0.3 is 11.1 Å². The van der Waals surface area contributed by atoms with Crippen LogP contribution in [0.4, 0.5) is 10.1 Å². The van der Waals surface area contributed by atoms with Crippen molar-refractivity contribution in [3.63, 3.8) is 0 Å². The number of carbonyl (C=O) groups is 1. The lowest BCUT2D eigenvalue weighted by molar-refractivity contribution is -0.120. The number of hydrogen-bond donors (Lipinski definition) is 2. The Morgan fingerprint density at radius 3 is 2.50 bits per heavy atom. The summed E-state index contributed by atoms with van der Waals surface area (Å²) in [4.78, 5) is 11.8. The Kier molecular flexibility index (Phi) is 4.01. The van der Waals surface area contributed by atoms with Crippen LogP contribution in [0.15, 0.2) is 24.3 Å². The summed E-state index contributed by atoms with van der Waals surface area (Å²) in [5.41, 5.74) is 5.53. The molecule has 4 heteroatoms. The van der Waals surface area contributed by atoms with E-state index < -0.39 is 5.54 Å². The summed E-state index contributed by atoms with van der Waals surface area (Å²) in [6.07, 6.45) is 1.45. The van der Waals surface area contributed by atoms with E-state index in [-0.39, 0.29) is 11.7 Å². The van der Waals surface area contributed by atoms with Gasteiger partial charge in [0.2, 0.25) is 5.91 Å². The highest BCUT2D eigenvalue weighted by molar-refractivity contribution is 5.97. The van der Waals surface area contributed by atoms with E-state index in [1.807, 2.05) is 6.92 Å². The molecule has 0 aliphatic carbocycles. The number of anilines is 1. The molecule has 1 aromatic rings. The van der Waals surface area contributed by atoms with E-state index in [1.165, 1.54) is 24.3 Å². The lowest BCUT2D eigenvalue weighted by Crippen LogP contribution is -2.48. The van der Waals surface area contributed by atoms with Crippen molar-refractivity contribution in [2.24, 2.45) is 5.73 Å². The number of benzene rings is 1. The standard InChI is InChI=1S/C12H17FN2O/c1-3-8-12(2,14)11(16)15-10-6-4-9(13)5-7-10/h4-7H,3,8,14H2,1-2H3,(H,15,16). The maximum atomic E-state index is 12.6. The van der Waals surface area contributed by atoms with Crippen molar-refractivity contribution in [3.05, 3.63) is 30.1 Å². The molecule has 0 aromatic heterocycles. The number of amides is 1. The molecule has 0 fully saturated rings. The van der Waals surface area contributed by atoms with Crippen LogP contribution in [0.25, 0.3) is 0 Å². The summed E-state index contributed by atoms with van der Waals surface area (Å²) in [6, 6.07) is 5.61. The molecule has 0 heterocycles. The van der Waals surface area contributed by atoms with Gasteiger partial charge in [-0.05, 0) is 37.6 Å². The van der Waals surface area contributed by atoms with Crippen LogP contribution < -0.4 is 11.1 Å². The molecule has 3 N–H and O–H groups in total. The molecule has 0 radical (unpaired) electrons. The number of rotatable bonds is 4. The predicted molar refractivity (Wildman–Crippen MR) is 62.5 cm³/mol. The molecule has 1 unspecified atom stereocenters. The fraction of sp³-hybridized carbons (Fsp3) is 0.417. The highest BCUT2D eigenvalue weighted by Gasteiger charge is 2.26. The SMILES string of the molecule is CCCC(C)(N)C(=O)Nc1ccc(F)cc1. The van der Waals surface area contributed by atoms with E-state index >= 15 is 0 Å². The average molecular weight is 224 g/mol. The van der Waals surface area contributed by atoms with E-state index in [9.17, 15) is 9.18 Å². The minimum Gasteiger partial charge on any atom is -0.324 e. The van der Waals surface area contributed by atoms with Gasteiger partial charge in [-0.1, -0.05) is 13.3 Å². The summed E-state index contributed by atoms with van der Waals surface area (Å²) in [6.45, 7) is 3.66. The van der Waals surface area contributed by atoms with E-state index in [0.717, 1.165) is 6.42 Å². The second-order valence-corrected chi connectivity index (χ2v) is 4.13. The lowest BCUT2D eigenvalue weighted by atomic mass is 9.96. The summed E-state index contributed by atoms with van der Waals surface area (Å²) in [5, 5.41) is 2.66. The first kappa shape index (κ1) is 12.6. The number of nitrogens with two attached hydrogens (primary N) is 1. The number of halogens is 1. The molecule has 3 nitrogen and oxygen atoms in total. The number of carbonyl (C=O) groups excluding carboxylic acids is 1. The second kappa shape index (κ2) is 5.07. The third-order valence-electron chi connectivity index (χ3n) is 2.39. The molecule has 0 aliphatic heterocycles. The van der Waals surface area contributed by atoms with Gasteiger partial charge in [-0.15, -0.1) is 0 Å². The van der Waals surface area contributed by atoms with Gasteiger partial charge >= 0.3 is 0 Å². The molecule has 1 rings (SSSR count). The summed E-state index contributed by atoms with van der Waals surface area (Å²) in [7, 11) is 0. The van der Waals surface area contributed by atoms with E-state index in [0.29, 0.717) is 12.1 Å². The van der Waals surface area contributed by atoms with Gasteiger partial charge in [-0.3, -0.25) is 4.79 Å². The Hall–Kier alpha value is -1.42. The van der Waals surface area contributed by atoms with Crippen LogP contribution in [0.1, 0.15) is 26.7 Å². The smallest absolute Gasteiger partial charge is 0.244 e. The van der Waals surface area contributed by atoms with Crippen molar-refractivity contribution in [3.8, 4) is 0 Å². The van der Waals surface area contributed by atoms with E-state index in [1.54, 1.807) is 6.92 Å². The van der Waals surface area contributed by atoms with E-state index in [2.05, 4.69) is 5.32 Å². The Bertz CT molecular complexity index is 360. The lowest BCUT2D eigenvalue weighted by Gasteiger charge is -2.22. The predicted octanol–water partition coefficient (Wildman–Crippen LogP) is 2.28. The van der Waals surface area contributed by atoms with Gasteiger partial charge in [0, 0.05) is 5.69 Å². The highest BCUT2D eigenvalue weighted by Crippen LogP contribution is 2.14. The normalized spacial score (nSPS) is 14.2. The van der Waals surface area contributed by atoms with Crippen LogP contribution in [-0.4, -0.2) is 11.4 Å². The Morgan fingerprint density at radius 2 is 2.00 bits per heavy atom. The third-order valence-corrected chi connectivity index (χ3v) is 2.39. The first-order chi connectivity index (χ1) is 7.45. The van der Waals surface area contributed by atoms with Crippen LogP contribution >= 0.6 is 0 Å². The summed E-state index contributed by atoms with van der Waals surface area (Å²) in [5.74, 6) is -0.581. The summed E-state index contributed by atoms with van der Waals surface area (Å²) >= 11 is 0. The molecule has 1 aromatic carbocycles. The first-order valence-corrected chi connectivity index (χ1v) is 5.31. The Labute approximate surface area is 94.8 Å². The van der Waals surface area contributed by atoms with Crippen LogP contribution in [0.3, 0.4) is 0 Å². The highest BCUT2D eigenvalue weighted by atomic mass is 19.1. The largest absolute Gasteiger partial charge is 0.324 e. The van der Waals surface area contributed by atoms with Crippen molar-refractivity contribution >= 4 is 11.6 Å². The number of hydrogen-bond acceptors (Lipinski definition) is 2. The van der Waals surface area contributed by atoms with Gasteiger partial charge in [-0.2, -0.15) is 0 Å². The zero-order valence-corrected chi connectivity index (χ0v) is 9.59. The maximum Gasteiger partial charge on any atom is 0.244 e. The molecule has 1 atom stereocenters. The molecule has 0 saturated heterocycles. The van der Waals surface area contributed by atoms with Gasteiger partial charge in [0.1, 0.15) is 5.82 Å². The average Bonchev–Trinajstić information content (AvgIpc) is 2.21. The quantitative estimate of drug-likeness (QED) is 0.824. The molecular formula is C12H17FN2O. The summed E-state index contributed by atoms with van der Waals surface area (Å²) < 4.78 is 12.6. The molecule has 0 bridgehead atoms. The fourth-order valence-corrected chi connectivity index (χ4v) is 1.44. The van der Waals surface area contributed by atoms with Gasteiger partial charge in [0.05, 0.1) is 5.54 Å². The third kappa shape index (κ3) is 3.31. The van der Waals surface area contributed by atoms with E-state index in [4.69, 9.17) is 5.73 Å². The maximum absolute atomic E-state index is 12.6. The zero-order chi connectivity index (χ0) is 12.2. The van der Waals surface area contributed by atoms with Gasteiger partial charge in [0.15, 0.2) is 0 Å². The molecule has 1 amide bonds. The van der Waals surface area contributed by atoms with Crippen molar-refractivity contribution in [1.29, 1.82) is 0 Å². The van der Waals surface area contributed by atoms with Crippen molar-refractivity contribution < 1.29 is 9.18 Å². The molecule has 0 aliphatic rings. The molecular weight excluding hydrogens is 207 g/mol. The van der Waals surface area contributed by atoms with Crippen LogP contribution in [0.5, 0.6) is 0 Å². The molecule has 0 saturated carbocycles. The molecule has 16 heavy (non-hydrogen) atoms. The van der Waals surface area contributed by atoms with Crippen LogP contribution in [0, 0.1) is 5.82 Å². The number of nitrogens with one attached hydrogen (secondary N) is 1. The monoisotopic (exact) mass is 224 g/mol. The van der Waals surface area contributed by atoms with Crippen LogP contribution in [-0.2, 0) is 4.79 Å².